The lowest BCUT2D eigenvalue weighted by atomic mass is 10.1. The van der Waals surface area contributed by atoms with E-state index in [1.165, 1.54) is 17.0 Å². The summed E-state index contributed by atoms with van der Waals surface area (Å²) in [5.41, 5.74) is 0.639. The highest BCUT2D eigenvalue weighted by Crippen LogP contribution is 2.38. The van der Waals surface area contributed by atoms with Crippen LogP contribution in [0.2, 0.25) is 10.0 Å². The Morgan fingerprint density at radius 3 is 2.50 bits per heavy atom. The molecule has 0 aliphatic carbocycles. The molecule has 4 nitrogen and oxygen atoms in total. The monoisotopic (exact) mass is 335 g/mol. The first kappa shape index (κ1) is 14.9. The normalized spacial score (nSPS) is 13.5. The minimum absolute atomic E-state index is 0.230. The lowest BCUT2D eigenvalue weighted by Gasteiger charge is -2.18. The van der Waals surface area contributed by atoms with E-state index in [9.17, 15) is 9.59 Å². The Hall–Kier alpha value is -2.04. The average molecular weight is 336 g/mol. The highest BCUT2D eigenvalue weighted by atomic mass is 35.5. The molecule has 0 bridgehead atoms. The minimum Gasteiger partial charge on any atom is -0.492 e. The van der Waals surface area contributed by atoms with Gasteiger partial charge in [0.2, 0.25) is 0 Å². The van der Waals surface area contributed by atoms with Gasteiger partial charge in [-0.05, 0) is 24.3 Å². The molecule has 1 heterocycles. The van der Waals surface area contributed by atoms with Crippen LogP contribution in [0.3, 0.4) is 0 Å². The number of para-hydroxylation sites is 1. The molecule has 6 heteroatoms. The number of ketones is 1. The van der Waals surface area contributed by atoms with E-state index in [4.69, 9.17) is 27.9 Å². The van der Waals surface area contributed by atoms with Gasteiger partial charge in [0.1, 0.15) is 12.4 Å². The fourth-order valence-corrected chi connectivity index (χ4v) is 2.93. The fourth-order valence-electron chi connectivity index (χ4n) is 2.34. The molecule has 0 atom stereocenters. The second-order valence-electron chi connectivity index (χ2n) is 4.73. The van der Waals surface area contributed by atoms with Crippen LogP contribution in [0.25, 0.3) is 0 Å². The Bertz CT molecular complexity index is 747. The summed E-state index contributed by atoms with van der Waals surface area (Å²) in [6, 6.07) is 12.2. The molecule has 22 heavy (non-hydrogen) atoms. The van der Waals surface area contributed by atoms with Gasteiger partial charge >= 0.3 is 0 Å². The van der Waals surface area contributed by atoms with Crippen molar-refractivity contribution in [1.29, 1.82) is 0 Å². The molecule has 0 radical (unpaired) electrons. The molecule has 1 amide bonds. The van der Waals surface area contributed by atoms with E-state index in [0.29, 0.717) is 16.5 Å². The van der Waals surface area contributed by atoms with Crippen LogP contribution in [-0.4, -0.2) is 24.8 Å². The number of anilines is 1. The van der Waals surface area contributed by atoms with Gasteiger partial charge in [-0.25, -0.2) is 0 Å². The van der Waals surface area contributed by atoms with E-state index in [-0.39, 0.29) is 23.7 Å². The maximum Gasteiger partial charge on any atom is 0.299 e. The molecule has 0 N–H and O–H groups in total. The Labute approximate surface area is 137 Å². The molecule has 3 rings (SSSR count). The van der Waals surface area contributed by atoms with Crippen LogP contribution in [0.1, 0.15) is 10.4 Å². The van der Waals surface area contributed by atoms with Crippen molar-refractivity contribution in [2.45, 2.75) is 0 Å². The van der Waals surface area contributed by atoms with Crippen LogP contribution < -0.4 is 9.64 Å². The van der Waals surface area contributed by atoms with E-state index < -0.39 is 11.7 Å². The first-order valence-corrected chi connectivity index (χ1v) is 7.36. The largest absolute Gasteiger partial charge is 0.492 e. The minimum atomic E-state index is -0.615. The zero-order chi connectivity index (χ0) is 15.7. The molecule has 2 aromatic rings. The second-order valence-corrected chi connectivity index (χ2v) is 5.57. The van der Waals surface area contributed by atoms with Gasteiger partial charge in [0.05, 0.1) is 22.8 Å². The number of amides is 1. The molecule has 112 valence electrons. The van der Waals surface area contributed by atoms with Crippen molar-refractivity contribution >= 4 is 40.6 Å². The van der Waals surface area contributed by atoms with Gasteiger partial charge in [0.25, 0.3) is 11.7 Å². The summed E-state index contributed by atoms with van der Waals surface area (Å²) in [6.07, 6.45) is 0. The number of hydrogen-bond acceptors (Lipinski definition) is 3. The van der Waals surface area contributed by atoms with Crippen LogP contribution in [0, 0.1) is 0 Å². The Morgan fingerprint density at radius 1 is 1.05 bits per heavy atom. The molecule has 0 saturated heterocycles. The topological polar surface area (TPSA) is 46.6 Å². The first-order chi connectivity index (χ1) is 10.6. The van der Waals surface area contributed by atoms with E-state index in [2.05, 4.69) is 0 Å². The third kappa shape index (κ3) is 2.67. The van der Waals surface area contributed by atoms with Crippen LogP contribution in [0.15, 0.2) is 42.5 Å². The van der Waals surface area contributed by atoms with Gasteiger partial charge in [0, 0.05) is 5.02 Å². The maximum absolute atomic E-state index is 12.1. The number of halogens is 2. The van der Waals surface area contributed by atoms with Gasteiger partial charge in [-0.2, -0.15) is 0 Å². The summed E-state index contributed by atoms with van der Waals surface area (Å²) in [5, 5.41) is 0.605. The molecule has 1 aliphatic heterocycles. The van der Waals surface area contributed by atoms with Crippen LogP contribution in [0.5, 0.6) is 5.75 Å². The average Bonchev–Trinajstić information content (AvgIpc) is 2.74. The van der Waals surface area contributed by atoms with Crippen molar-refractivity contribution in [2.75, 3.05) is 18.1 Å². The summed E-state index contributed by atoms with van der Waals surface area (Å²) in [4.78, 5) is 25.4. The van der Waals surface area contributed by atoms with Crippen LogP contribution in [0.4, 0.5) is 5.69 Å². The Balaban J connectivity index is 1.78. The lowest BCUT2D eigenvalue weighted by molar-refractivity contribution is -0.114. The summed E-state index contributed by atoms with van der Waals surface area (Å²) in [7, 11) is 0. The Morgan fingerprint density at radius 2 is 1.77 bits per heavy atom. The number of fused-ring (bicyclic) bond motifs is 1. The van der Waals surface area contributed by atoms with E-state index >= 15 is 0 Å². The maximum atomic E-state index is 12.1. The smallest absolute Gasteiger partial charge is 0.299 e. The molecule has 0 fully saturated rings. The highest BCUT2D eigenvalue weighted by molar-refractivity contribution is 6.54. The number of ether oxygens (including phenoxy) is 1. The summed E-state index contributed by atoms with van der Waals surface area (Å²) < 4.78 is 5.56. The van der Waals surface area contributed by atoms with Gasteiger partial charge in [-0.3, -0.25) is 14.5 Å². The standard InChI is InChI=1S/C16H11Cl2NO3/c17-10-8-12-14(13(18)9-10)19(16(21)15(12)20)6-7-22-11-4-2-1-3-5-11/h1-5,8-9H,6-7H2. The van der Waals surface area contributed by atoms with Gasteiger partial charge in [-0.15, -0.1) is 0 Å². The molecule has 1 aliphatic rings. The lowest BCUT2D eigenvalue weighted by Crippen LogP contribution is -2.33. The van der Waals surface area contributed by atoms with Crippen LogP contribution in [-0.2, 0) is 4.79 Å². The number of benzene rings is 2. The van der Waals surface area contributed by atoms with E-state index in [1.807, 2.05) is 30.3 Å². The van der Waals surface area contributed by atoms with Crippen molar-refractivity contribution in [3.8, 4) is 5.75 Å². The Kier molecular flexibility index (Phi) is 4.05. The molecule has 0 aromatic heterocycles. The molecular formula is C16H11Cl2NO3. The zero-order valence-corrected chi connectivity index (χ0v) is 12.9. The van der Waals surface area contributed by atoms with Crippen LogP contribution >= 0.6 is 23.2 Å². The molecule has 0 spiro atoms. The number of rotatable bonds is 4. The summed E-state index contributed by atoms with van der Waals surface area (Å²) in [5.74, 6) is -0.516. The van der Waals surface area contributed by atoms with Crippen molar-refractivity contribution < 1.29 is 14.3 Å². The fraction of sp³-hybridized carbons (Fsp3) is 0.125. The third-order valence-corrected chi connectivity index (χ3v) is 3.82. The first-order valence-electron chi connectivity index (χ1n) is 6.61. The number of carbonyl (C=O) groups is 2. The predicted molar refractivity (Wildman–Crippen MR) is 85.1 cm³/mol. The quantitative estimate of drug-likeness (QED) is 0.802. The number of nitrogens with zero attached hydrogens (tertiary/aromatic N) is 1. The highest BCUT2D eigenvalue weighted by Gasteiger charge is 2.37. The third-order valence-electron chi connectivity index (χ3n) is 3.31. The van der Waals surface area contributed by atoms with Gasteiger partial charge < -0.3 is 4.74 Å². The molecule has 0 saturated carbocycles. The van der Waals surface area contributed by atoms with Crippen molar-refractivity contribution in [3.63, 3.8) is 0 Å². The van der Waals surface area contributed by atoms with Crippen molar-refractivity contribution in [3.05, 3.63) is 58.1 Å². The molecule has 2 aromatic carbocycles. The van der Waals surface area contributed by atoms with Gasteiger partial charge in [-0.1, -0.05) is 41.4 Å². The molecular weight excluding hydrogens is 325 g/mol. The predicted octanol–water partition coefficient (Wildman–Crippen LogP) is 3.60. The van der Waals surface area contributed by atoms with E-state index in [0.717, 1.165) is 0 Å². The van der Waals surface area contributed by atoms with E-state index in [1.54, 1.807) is 0 Å². The summed E-state index contributed by atoms with van der Waals surface area (Å²) in [6.45, 7) is 0.481. The van der Waals surface area contributed by atoms with Crippen molar-refractivity contribution in [2.24, 2.45) is 0 Å². The number of carbonyl (C=O) groups excluding carboxylic acids is 2. The molecule has 0 unspecified atom stereocenters. The van der Waals surface area contributed by atoms with Gasteiger partial charge in [0.15, 0.2) is 0 Å². The SMILES string of the molecule is O=C1C(=O)N(CCOc2ccccc2)c2c(Cl)cc(Cl)cc21. The van der Waals surface area contributed by atoms with Crippen molar-refractivity contribution in [1.82, 2.24) is 0 Å². The number of hydrogen-bond donors (Lipinski definition) is 0. The summed E-state index contributed by atoms with van der Waals surface area (Å²) >= 11 is 12.0. The zero-order valence-electron chi connectivity index (χ0n) is 11.4. The second kappa shape index (κ2) is 5.99. The number of Topliss-reactive ketones (excluding diaryl/α,β-unsaturated/α-hetero) is 1.